The van der Waals surface area contributed by atoms with Crippen LogP contribution in [0.4, 0.5) is 8.78 Å². The SMILES string of the molecule is COC(=O)CC(C)c1cc(F)c(OCc2ccc3c(Br)nn(C4CCCC4)c3c2)c(F)c1. The molecule has 1 fully saturated rings. The van der Waals surface area contributed by atoms with Crippen molar-refractivity contribution in [2.24, 2.45) is 0 Å². The Morgan fingerprint density at radius 1 is 1.22 bits per heavy atom. The van der Waals surface area contributed by atoms with Crippen LogP contribution in [0.2, 0.25) is 0 Å². The molecule has 0 bridgehead atoms. The van der Waals surface area contributed by atoms with Crippen LogP contribution >= 0.6 is 15.9 Å². The molecule has 1 aliphatic rings. The fraction of sp³-hybridized carbons (Fsp3) is 0.417. The van der Waals surface area contributed by atoms with Crippen molar-refractivity contribution in [3.8, 4) is 5.75 Å². The van der Waals surface area contributed by atoms with Gasteiger partial charge in [0.25, 0.3) is 0 Å². The van der Waals surface area contributed by atoms with Gasteiger partial charge in [-0.05, 0) is 70.1 Å². The summed E-state index contributed by atoms with van der Waals surface area (Å²) in [7, 11) is 1.28. The van der Waals surface area contributed by atoms with Crippen LogP contribution < -0.4 is 4.74 Å². The van der Waals surface area contributed by atoms with Crippen LogP contribution in [0.25, 0.3) is 10.9 Å². The van der Waals surface area contributed by atoms with Crippen molar-refractivity contribution < 1.29 is 23.0 Å². The Morgan fingerprint density at radius 3 is 2.56 bits per heavy atom. The van der Waals surface area contributed by atoms with Gasteiger partial charge in [0, 0.05) is 5.39 Å². The molecule has 0 amide bonds. The molecule has 5 nitrogen and oxygen atoms in total. The zero-order valence-corrected chi connectivity index (χ0v) is 19.6. The van der Waals surface area contributed by atoms with Crippen molar-refractivity contribution in [3.05, 3.63) is 57.7 Å². The van der Waals surface area contributed by atoms with E-state index in [1.54, 1.807) is 6.92 Å². The van der Waals surface area contributed by atoms with Crippen LogP contribution in [-0.4, -0.2) is 22.9 Å². The van der Waals surface area contributed by atoms with Gasteiger partial charge in [-0.1, -0.05) is 25.8 Å². The van der Waals surface area contributed by atoms with Gasteiger partial charge in [-0.3, -0.25) is 9.48 Å². The van der Waals surface area contributed by atoms with Crippen LogP contribution in [0.15, 0.2) is 34.9 Å². The molecule has 32 heavy (non-hydrogen) atoms. The minimum Gasteiger partial charge on any atom is -0.483 e. The Hall–Kier alpha value is -2.48. The number of esters is 1. The van der Waals surface area contributed by atoms with Crippen LogP contribution in [0.5, 0.6) is 5.75 Å². The first-order valence-corrected chi connectivity index (χ1v) is 11.5. The maximum Gasteiger partial charge on any atom is 0.306 e. The third-order valence-corrected chi connectivity index (χ3v) is 6.66. The molecular weight excluding hydrogens is 482 g/mol. The summed E-state index contributed by atoms with van der Waals surface area (Å²) < 4.78 is 42.2. The van der Waals surface area contributed by atoms with Gasteiger partial charge in [0.1, 0.15) is 11.2 Å². The number of nitrogens with zero attached hydrogens (tertiary/aromatic N) is 2. The summed E-state index contributed by atoms with van der Waals surface area (Å²) in [5.41, 5.74) is 2.16. The van der Waals surface area contributed by atoms with Crippen LogP contribution in [0.1, 0.15) is 62.1 Å². The Morgan fingerprint density at radius 2 is 1.91 bits per heavy atom. The average molecular weight is 507 g/mol. The lowest BCUT2D eigenvalue weighted by molar-refractivity contribution is -0.140. The Bertz CT molecular complexity index is 1120. The number of ether oxygens (including phenoxy) is 2. The van der Waals surface area contributed by atoms with E-state index in [1.165, 1.54) is 32.1 Å². The lowest BCUT2D eigenvalue weighted by Crippen LogP contribution is -2.08. The standard InChI is InChI=1S/C24H25BrF2N2O3/c1-14(9-22(30)31-2)16-11-19(26)23(20(27)12-16)32-13-15-7-8-18-21(10-15)29(28-24(18)25)17-5-3-4-6-17/h7-8,10-12,14,17H,3-6,9,13H2,1-2H3. The van der Waals surface area contributed by atoms with Crippen molar-refractivity contribution in [1.29, 1.82) is 0 Å². The number of halogens is 3. The molecule has 0 radical (unpaired) electrons. The van der Waals surface area contributed by atoms with Crippen molar-refractivity contribution in [2.45, 2.75) is 57.6 Å². The number of methoxy groups -OCH3 is 1. The van der Waals surface area contributed by atoms with E-state index in [1.807, 2.05) is 18.2 Å². The fourth-order valence-corrected chi connectivity index (χ4v) is 4.78. The third kappa shape index (κ3) is 4.65. The molecule has 0 N–H and O–H groups in total. The summed E-state index contributed by atoms with van der Waals surface area (Å²) in [6.07, 6.45) is 4.63. The molecule has 8 heteroatoms. The molecule has 1 heterocycles. The summed E-state index contributed by atoms with van der Waals surface area (Å²) in [6.45, 7) is 1.74. The third-order valence-electron chi connectivity index (χ3n) is 6.07. The first-order chi connectivity index (χ1) is 15.4. The zero-order valence-electron chi connectivity index (χ0n) is 18.0. The summed E-state index contributed by atoms with van der Waals surface area (Å²) >= 11 is 3.53. The minimum atomic E-state index is -0.795. The number of carbonyl (C=O) groups excluding carboxylic acids is 1. The first-order valence-electron chi connectivity index (χ1n) is 10.7. The topological polar surface area (TPSA) is 53.4 Å². The number of aromatic nitrogens is 2. The molecule has 170 valence electrons. The van der Waals surface area contributed by atoms with Gasteiger partial charge < -0.3 is 9.47 Å². The van der Waals surface area contributed by atoms with Crippen LogP contribution in [0, 0.1) is 11.6 Å². The van der Waals surface area contributed by atoms with Gasteiger partial charge in [0.05, 0.1) is 25.1 Å². The molecule has 1 unspecified atom stereocenters. The number of benzene rings is 2. The molecule has 4 rings (SSSR count). The van der Waals surface area contributed by atoms with Crippen LogP contribution in [-0.2, 0) is 16.1 Å². The van der Waals surface area contributed by atoms with Gasteiger partial charge >= 0.3 is 5.97 Å². The maximum atomic E-state index is 14.6. The Kier molecular flexibility index (Phi) is 6.79. The number of hydrogen-bond acceptors (Lipinski definition) is 4. The van der Waals surface area contributed by atoms with E-state index in [-0.39, 0.29) is 18.9 Å². The highest BCUT2D eigenvalue weighted by molar-refractivity contribution is 9.10. The van der Waals surface area contributed by atoms with Gasteiger partial charge in [0.2, 0.25) is 0 Å². The summed E-state index contributed by atoms with van der Waals surface area (Å²) in [5, 5.41) is 5.65. The molecule has 0 spiro atoms. The van der Waals surface area contributed by atoms with Gasteiger partial charge in [-0.25, -0.2) is 8.78 Å². The molecule has 1 aliphatic carbocycles. The number of rotatable bonds is 7. The van der Waals surface area contributed by atoms with Crippen molar-refractivity contribution in [3.63, 3.8) is 0 Å². The monoisotopic (exact) mass is 506 g/mol. The maximum absolute atomic E-state index is 14.6. The second-order valence-corrected chi connectivity index (χ2v) is 9.06. The lowest BCUT2D eigenvalue weighted by atomic mass is 9.97. The van der Waals surface area contributed by atoms with Gasteiger partial charge in [-0.15, -0.1) is 0 Å². The van der Waals surface area contributed by atoms with Gasteiger partial charge in [-0.2, -0.15) is 5.10 Å². The van der Waals surface area contributed by atoms with Crippen molar-refractivity contribution in [2.75, 3.05) is 7.11 Å². The van der Waals surface area contributed by atoms with E-state index < -0.39 is 23.4 Å². The summed E-state index contributed by atoms with van der Waals surface area (Å²) in [5.74, 6) is -2.83. The Balaban J connectivity index is 1.53. The van der Waals surface area contributed by atoms with Gasteiger partial charge in [0.15, 0.2) is 17.4 Å². The molecule has 1 aromatic heterocycles. The smallest absolute Gasteiger partial charge is 0.306 e. The molecule has 1 atom stereocenters. The minimum absolute atomic E-state index is 0.0221. The van der Waals surface area contributed by atoms with E-state index >= 15 is 0 Å². The van der Waals surface area contributed by atoms with E-state index in [2.05, 4.69) is 30.4 Å². The second-order valence-electron chi connectivity index (χ2n) is 8.31. The van der Waals surface area contributed by atoms with E-state index in [9.17, 15) is 13.6 Å². The highest BCUT2D eigenvalue weighted by Crippen LogP contribution is 2.35. The number of hydrogen-bond donors (Lipinski definition) is 0. The van der Waals surface area contributed by atoms with Crippen LogP contribution in [0.3, 0.4) is 0 Å². The second kappa shape index (κ2) is 9.57. The average Bonchev–Trinajstić information content (AvgIpc) is 3.41. The summed E-state index contributed by atoms with van der Waals surface area (Å²) in [4.78, 5) is 11.5. The molecule has 2 aromatic carbocycles. The number of fused-ring (bicyclic) bond motifs is 1. The van der Waals surface area contributed by atoms with Crippen molar-refractivity contribution in [1.82, 2.24) is 9.78 Å². The molecule has 0 aliphatic heterocycles. The molecular formula is C24H25BrF2N2O3. The highest BCUT2D eigenvalue weighted by atomic mass is 79.9. The molecule has 0 saturated heterocycles. The lowest BCUT2D eigenvalue weighted by Gasteiger charge is -2.14. The number of carbonyl (C=O) groups is 1. The van der Waals surface area contributed by atoms with Crippen molar-refractivity contribution >= 4 is 32.8 Å². The first kappa shape index (κ1) is 22.7. The van der Waals surface area contributed by atoms with E-state index in [4.69, 9.17) is 4.74 Å². The normalized spacial score (nSPS) is 15.3. The van der Waals surface area contributed by atoms with E-state index in [0.717, 1.165) is 33.9 Å². The Labute approximate surface area is 193 Å². The predicted octanol–water partition coefficient (Wildman–Crippen LogP) is 6.44. The molecule has 3 aromatic rings. The highest BCUT2D eigenvalue weighted by Gasteiger charge is 2.22. The predicted molar refractivity (Wildman–Crippen MR) is 121 cm³/mol. The quantitative estimate of drug-likeness (QED) is 0.346. The fourth-order valence-electron chi connectivity index (χ4n) is 4.27. The molecule has 1 saturated carbocycles. The van der Waals surface area contributed by atoms with E-state index in [0.29, 0.717) is 11.6 Å². The largest absolute Gasteiger partial charge is 0.483 e. The summed E-state index contributed by atoms with van der Waals surface area (Å²) in [6, 6.07) is 8.57. The zero-order chi connectivity index (χ0) is 22.8.